The molecule has 1 heterocycles. The zero-order valence-corrected chi connectivity index (χ0v) is 13.3. The predicted molar refractivity (Wildman–Crippen MR) is 88.4 cm³/mol. The van der Waals surface area contributed by atoms with Crippen molar-refractivity contribution >= 4 is 38.6 Å². The molecule has 6 nitrogen and oxygen atoms in total. The first-order chi connectivity index (χ1) is 11.6. The molecule has 0 unspecified atom stereocenters. The number of ether oxygens (including phenoxy) is 1. The number of rotatable bonds is 4. The number of methoxy groups -OCH3 is 1. The molecule has 0 aliphatic rings. The molecular weight excluding hydrogens is 333 g/mol. The first kappa shape index (κ1) is 15.9. The summed E-state index contributed by atoms with van der Waals surface area (Å²) in [7, 11) is 1.29. The number of benzene rings is 2. The number of carbonyl (C=O) groups is 2. The number of esters is 1. The van der Waals surface area contributed by atoms with E-state index in [0.717, 1.165) is 0 Å². The van der Waals surface area contributed by atoms with Gasteiger partial charge in [-0.3, -0.25) is 15.6 Å². The normalized spacial score (nSPS) is 10.4. The van der Waals surface area contributed by atoms with Gasteiger partial charge >= 0.3 is 5.97 Å². The highest BCUT2D eigenvalue weighted by Gasteiger charge is 2.11. The molecule has 0 atom stereocenters. The molecule has 3 rings (SSSR count). The zero-order chi connectivity index (χ0) is 17.1. The Hall–Kier alpha value is -3.00. The fourth-order valence-corrected chi connectivity index (χ4v) is 2.86. The second-order valence-corrected chi connectivity index (χ2v) is 5.78. The number of nitrogens with zero attached hydrogens (tertiary/aromatic N) is 1. The first-order valence-corrected chi connectivity index (χ1v) is 7.70. The third-order valence-corrected chi connectivity index (χ3v) is 4.16. The van der Waals surface area contributed by atoms with Gasteiger partial charge in [0.1, 0.15) is 11.3 Å². The van der Waals surface area contributed by atoms with E-state index in [1.165, 1.54) is 48.8 Å². The van der Waals surface area contributed by atoms with Gasteiger partial charge < -0.3 is 4.74 Å². The summed E-state index contributed by atoms with van der Waals surface area (Å²) in [6.45, 7) is 0. The number of amides is 1. The second-order valence-electron chi connectivity index (χ2n) is 4.75. The van der Waals surface area contributed by atoms with Gasteiger partial charge in [0.15, 0.2) is 0 Å². The largest absolute Gasteiger partial charge is 0.465 e. The third kappa shape index (κ3) is 3.18. The Labute approximate surface area is 140 Å². The Morgan fingerprint density at radius 2 is 1.83 bits per heavy atom. The minimum atomic E-state index is -0.475. The molecule has 0 fully saturated rings. The molecule has 0 saturated carbocycles. The molecule has 1 aromatic heterocycles. The number of nitrogens with one attached hydrogen (secondary N) is 2. The van der Waals surface area contributed by atoms with Crippen molar-refractivity contribution in [1.29, 1.82) is 0 Å². The molecule has 0 aliphatic heterocycles. The van der Waals surface area contributed by atoms with Gasteiger partial charge in [-0.05, 0) is 36.4 Å². The van der Waals surface area contributed by atoms with E-state index in [1.807, 2.05) is 0 Å². The Bertz CT molecular complexity index is 909. The van der Waals surface area contributed by atoms with Crippen molar-refractivity contribution in [1.82, 2.24) is 10.4 Å². The van der Waals surface area contributed by atoms with E-state index in [0.29, 0.717) is 21.0 Å². The van der Waals surface area contributed by atoms with Crippen molar-refractivity contribution in [3.05, 3.63) is 59.4 Å². The average molecular weight is 345 g/mol. The van der Waals surface area contributed by atoms with E-state index < -0.39 is 17.7 Å². The summed E-state index contributed by atoms with van der Waals surface area (Å²) in [5.41, 5.74) is 6.09. The Kier molecular flexibility index (Phi) is 4.39. The van der Waals surface area contributed by atoms with Crippen LogP contribution in [0, 0.1) is 5.82 Å². The van der Waals surface area contributed by atoms with E-state index >= 15 is 0 Å². The van der Waals surface area contributed by atoms with Crippen LogP contribution in [0.3, 0.4) is 0 Å². The summed E-state index contributed by atoms with van der Waals surface area (Å²) < 4.78 is 18.9. The number of thiazole rings is 1. The summed E-state index contributed by atoms with van der Waals surface area (Å²) in [4.78, 5) is 27.5. The number of hydrazine groups is 1. The van der Waals surface area contributed by atoms with E-state index in [-0.39, 0.29) is 5.52 Å². The second kappa shape index (κ2) is 6.63. The maximum Gasteiger partial charge on any atom is 0.337 e. The molecule has 2 aromatic carbocycles. The molecule has 122 valence electrons. The molecule has 3 aromatic rings. The van der Waals surface area contributed by atoms with Gasteiger partial charge in [0.2, 0.25) is 5.13 Å². The molecular formula is C16H12FN3O3S. The van der Waals surface area contributed by atoms with Crippen molar-refractivity contribution < 1.29 is 18.7 Å². The molecule has 0 spiro atoms. The number of fused-ring (bicyclic) bond motifs is 1. The SMILES string of the molecule is COC(=O)c1ccc(C(=O)NNc2nc3c(F)cccc3s2)cc1. The minimum absolute atomic E-state index is 0.252. The highest BCUT2D eigenvalue weighted by atomic mass is 32.1. The van der Waals surface area contributed by atoms with Gasteiger partial charge in [-0.2, -0.15) is 0 Å². The van der Waals surface area contributed by atoms with Crippen molar-refractivity contribution in [2.75, 3.05) is 12.5 Å². The van der Waals surface area contributed by atoms with Gasteiger partial charge in [-0.1, -0.05) is 17.4 Å². The monoisotopic (exact) mass is 345 g/mol. The summed E-state index contributed by atoms with van der Waals surface area (Å²) in [6.07, 6.45) is 0. The lowest BCUT2D eigenvalue weighted by Crippen LogP contribution is -2.29. The highest BCUT2D eigenvalue weighted by Crippen LogP contribution is 2.26. The van der Waals surface area contributed by atoms with E-state index in [9.17, 15) is 14.0 Å². The minimum Gasteiger partial charge on any atom is -0.465 e. The van der Waals surface area contributed by atoms with Crippen LogP contribution < -0.4 is 10.9 Å². The zero-order valence-electron chi connectivity index (χ0n) is 12.5. The molecule has 0 radical (unpaired) electrons. The fourth-order valence-electron chi connectivity index (χ4n) is 2.03. The Morgan fingerprint density at radius 1 is 1.12 bits per heavy atom. The van der Waals surface area contributed by atoms with Crippen LogP contribution in [-0.4, -0.2) is 24.0 Å². The van der Waals surface area contributed by atoms with Crippen molar-refractivity contribution in [3.63, 3.8) is 0 Å². The number of hydrogen-bond acceptors (Lipinski definition) is 6. The third-order valence-electron chi connectivity index (χ3n) is 3.22. The van der Waals surface area contributed by atoms with Crippen LogP contribution in [0.15, 0.2) is 42.5 Å². The molecule has 1 amide bonds. The number of para-hydroxylation sites is 1. The van der Waals surface area contributed by atoms with Crippen molar-refractivity contribution in [2.24, 2.45) is 0 Å². The van der Waals surface area contributed by atoms with Gasteiger partial charge in [-0.25, -0.2) is 14.2 Å². The van der Waals surface area contributed by atoms with Crippen molar-refractivity contribution in [2.45, 2.75) is 0 Å². The standard InChI is InChI=1S/C16H12FN3O3S/c1-23-15(22)10-7-5-9(6-8-10)14(21)19-20-16-18-13-11(17)3-2-4-12(13)24-16/h2-8H,1H3,(H,18,20)(H,19,21). The van der Waals surface area contributed by atoms with Crippen LogP contribution in [0.25, 0.3) is 10.2 Å². The number of hydrogen-bond donors (Lipinski definition) is 2. The van der Waals surface area contributed by atoms with E-state index in [4.69, 9.17) is 0 Å². The van der Waals surface area contributed by atoms with Crippen molar-refractivity contribution in [3.8, 4) is 0 Å². The first-order valence-electron chi connectivity index (χ1n) is 6.88. The van der Waals surface area contributed by atoms with Crippen LogP contribution in [0.4, 0.5) is 9.52 Å². The smallest absolute Gasteiger partial charge is 0.337 e. The van der Waals surface area contributed by atoms with Gasteiger partial charge in [-0.15, -0.1) is 0 Å². The molecule has 2 N–H and O–H groups in total. The number of halogens is 1. The predicted octanol–water partition coefficient (Wildman–Crippen LogP) is 2.98. The summed E-state index contributed by atoms with van der Waals surface area (Å²) in [5.74, 6) is -1.30. The lowest BCUT2D eigenvalue weighted by Gasteiger charge is -2.06. The fraction of sp³-hybridized carbons (Fsp3) is 0.0625. The topological polar surface area (TPSA) is 80.3 Å². The van der Waals surface area contributed by atoms with Gasteiger partial charge in [0.05, 0.1) is 17.4 Å². The Morgan fingerprint density at radius 3 is 2.50 bits per heavy atom. The molecule has 0 aliphatic carbocycles. The quantitative estimate of drug-likeness (QED) is 0.561. The average Bonchev–Trinajstić information content (AvgIpc) is 3.03. The van der Waals surface area contributed by atoms with Crippen LogP contribution in [0.1, 0.15) is 20.7 Å². The van der Waals surface area contributed by atoms with E-state index in [1.54, 1.807) is 12.1 Å². The molecule has 8 heteroatoms. The lowest BCUT2D eigenvalue weighted by atomic mass is 10.1. The summed E-state index contributed by atoms with van der Waals surface area (Å²) in [5, 5.41) is 0.370. The molecule has 0 bridgehead atoms. The van der Waals surface area contributed by atoms with Crippen LogP contribution in [-0.2, 0) is 4.74 Å². The van der Waals surface area contributed by atoms with Crippen LogP contribution in [0.5, 0.6) is 0 Å². The van der Waals surface area contributed by atoms with Crippen LogP contribution in [0.2, 0.25) is 0 Å². The van der Waals surface area contributed by atoms with Gasteiger partial charge in [0, 0.05) is 5.56 Å². The van der Waals surface area contributed by atoms with Gasteiger partial charge in [0.25, 0.3) is 5.91 Å². The highest BCUT2D eigenvalue weighted by molar-refractivity contribution is 7.22. The number of aromatic nitrogens is 1. The maximum atomic E-state index is 13.6. The van der Waals surface area contributed by atoms with Crippen LogP contribution >= 0.6 is 11.3 Å². The van der Waals surface area contributed by atoms with E-state index in [2.05, 4.69) is 20.6 Å². The lowest BCUT2D eigenvalue weighted by molar-refractivity contribution is 0.0600. The molecule has 24 heavy (non-hydrogen) atoms. The Balaban J connectivity index is 1.68. The molecule has 0 saturated heterocycles. The number of carbonyl (C=O) groups excluding carboxylic acids is 2. The summed E-state index contributed by atoms with van der Waals surface area (Å²) >= 11 is 1.22. The number of anilines is 1. The summed E-state index contributed by atoms with van der Waals surface area (Å²) in [6, 6.07) is 10.7. The maximum absolute atomic E-state index is 13.6.